The monoisotopic (exact) mass is 421 g/mol. The van der Waals surface area contributed by atoms with Gasteiger partial charge in [-0.1, -0.05) is 36.0 Å². The molecule has 0 aromatic heterocycles. The Hall–Kier alpha value is -2.60. The molecule has 30 heavy (non-hydrogen) atoms. The van der Waals surface area contributed by atoms with E-state index in [1.165, 1.54) is 17.3 Å². The summed E-state index contributed by atoms with van der Waals surface area (Å²) in [6.45, 7) is 8.07. The summed E-state index contributed by atoms with van der Waals surface area (Å²) in [6.07, 6.45) is 2.14. The summed E-state index contributed by atoms with van der Waals surface area (Å²) in [5.74, 6) is -0.138. The quantitative estimate of drug-likeness (QED) is 0.735. The lowest BCUT2D eigenvalue weighted by molar-refractivity contribution is -0.128. The van der Waals surface area contributed by atoms with Gasteiger partial charge in [0, 0.05) is 18.2 Å². The van der Waals surface area contributed by atoms with E-state index in [0.717, 1.165) is 46.1 Å². The predicted octanol–water partition coefficient (Wildman–Crippen LogP) is 5.04. The SMILES string of the molecule is Cc1ccc(C)c(NC(=O)C[C@@H]2SC(=Nc3cccc(C)c3C)N(C3CC3)C2=O)c1. The highest BCUT2D eigenvalue weighted by Gasteiger charge is 2.46. The van der Waals surface area contributed by atoms with Gasteiger partial charge >= 0.3 is 0 Å². The van der Waals surface area contributed by atoms with Crippen LogP contribution in [0.4, 0.5) is 11.4 Å². The number of nitrogens with zero attached hydrogens (tertiary/aromatic N) is 2. The molecule has 0 spiro atoms. The largest absolute Gasteiger partial charge is 0.326 e. The maximum atomic E-state index is 13.1. The van der Waals surface area contributed by atoms with Gasteiger partial charge in [0.25, 0.3) is 0 Å². The molecule has 2 aliphatic rings. The van der Waals surface area contributed by atoms with Crippen molar-refractivity contribution in [2.45, 2.75) is 58.2 Å². The Kier molecular flexibility index (Phi) is 5.69. The van der Waals surface area contributed by atoms with Crippen LogP contribution in [0, 0.1) is 27.7 Å². The first-order valence-electron chi connectivity index (χ1n) is 10.3. The van der Waals surface area contributed by atoms with Gasteiger partial charge in [0.05, 0.1) is 5.69 Å². The van der Waals surface area contributed by atoms with E-state index in [4.69, 9.17) is 4.99 Å². The van der Waals surface area contributed by atoms with E-state index < -0.39 is 5.25 Å². The minimum Gasteiger partial charge on any atom is -0.326 e. The molecular formula is C24H27N3O2S. The van der Waals surface area contributed by atoms with Crippen LogP contribution in [0.3, 0.4) is 0 Å². The molecule has 1 atom stereocenters. The van der Waals surface area contributed by atoms with E-state index in [1.807, 2.05) is 56.0 Å². The maximum absolute atomic E-state index is 13.1. The molecule has 1 saturated heterocycles. The number of benzene rings is 2. The predicted molar refractivity (Wildman–Crippen MR) is 123 cm³/mol. The van der Waals surface area contributed by atoms with Crippen LogP contribution < -0.4 is 5.32 Å². The Balaban J connectivity index is 1.53. The van der Waals surface area contributed by atoms with Crippen molar-refractivity contribution in [1.29, 1.82) is 0 Å². The lowest BCUT2D eigenvalue weighted by Crippen LogP contribution is -2.35. The standard InChI is InChI=1S/C24H27N3O2S/c1-14-8-9-16(3)20(12-14)25-22(28)13-21-23(29)27(18-10-11-18)24(30-21)26-19-7-5-6-15(2)17(19)4/h5-9,12,18,21H,10-11,13H2,1-4H3,(H,25,28)/t21-/m0/s1. The lowest BCUT2D eigenvalue weighted by Gasteiger charge is -2.16. The number of carbonyl (C=O) groups excluding carboxylic acids is 2. The number of rotatable bonds is 5. The van der Waals surface area contributed by atoms with Crippen molar-refractivity contribution < 1.29 is 9.59 Å². The third kappa shape index (κ3) is 4.29. The topological polar surface area (TPSA) is 61.8 Å². The molecule has 6 heteroatoms. The van der Waals surface area contributed by atoms with Crippen molar-refractivity contribution in [3.8, 4) is 0 Å². The van der Waals surface area contributed by atoms with E-state index in [9.17, 15) is 9.59 Å². The summed E-state index contributed by atoms with van der Waals surface area (Å²) < 4.78 is 0. The molecule has 0 radical (unpaired) electrons. The third-order valence-electron chi connectivity index (χ3n) is 5.71. The van der Waals surface area contributed by atoms with Gasteiger partial charge in [-0.25, -0.2) is 4.99 Å². The van der Waals surface area contributed by atoms with E-state index in [0.29, 0.717) is 0 Å². The number of hydrogen-bond acceptors (Lipinski definition) is 4. The van der Waals surface area contributed by atoms with Gasteiger partial charge in [0.15, 0.2) is 5.17 Å². The second-order valence-electron chi connectivity index (χ2n) is 8.23. The van der Waals surface area contributed by atoms with Gasteiger partial charge in [0.1, 0.15) is 5.25 Å². The number of carbonyl (C=O) groups is 2. The van der Waals surface area contributed by atoms with Crippen LogP contribution in [0.5, 0.6) is 0 Å². The van der Waals surface area contributed by atoms with Crippen LogP contribution in [0.1, 0.15) is 41.5 Å². The van der Waals surface area contributed by atoms with Crippen molar-refractivity contribution in [2.24, 2.45) is 4.99 Å². The van der Waals surface area contributed by atoms with Crippen LogP contribution in [0.2, 0.25) is 0 Å². The number of amides is 2. The summed E-state index contributed by atoms with van der Waals surface area (Å²) in [6, 6.07) is 12.2. The van der Waals surface area contributed by atoms with Gasteiger partial charge in [-0.05, 0) is 74.9 Å². The van der Waals surface area contributed by atoms with Crippen LogP contribution in [0.15, 0.2) is 41.4 Å². The summed E-state index contributed by atoms with van der Waals surface area (Å²) in [7, 11) is 0. The van der Waals surface area contributed by atoms with Gasteiger partial charge in [0.2, 0.25) is 11.8 Å². The maximum Gasteiger partial charge on any atom is 0.242 e. The zero-order valence-corrected chi connectivity index (χ0v) is 18.7. The van der Waals surface area contributed by atoms with Crippen molar-refractivity contribution in [1.82, 2.24) is 4.90 Å². The molecule has 1 aliphatic carbocycles. The van der Waals surface area contributed by atoms with E-state index >= 15 is 0 Å². The Morgan fingerprint density at radius 1 is 1.13 bits per heavy atom. The fourth-order valence-electron chi connectivity index (χ4n) is 3.56. The molecule has 0 bridgehead atoms. The molecule has 1 saturated carbocycles. The molecule has 5 nitrogen and oxygen atoms in total. The number of anilines is 1. The number of thioether (sulfide) groups is 1. The van der Waals surface area contributed by atoms with Crippen LogP contribution in [-0.2, 0) is 9.59 Å². The first-order chi connectivity index (χ1) is 14.3. The van der Waals surface area contributed by atoms with Crippen LogP contribution in [0.25, 0.3) is 0 Å². The molecule has 156 valence electrons. The average Bonchev–Trinajstić information content (AvgIpc) is 3.48. The van der Waals surface area contributed by atoms with E-state index in [-0.39, 0.29) is 24.3 Å². The third-order valence-corrected chi connectivity index (χ3v) is 6.86. The number of aryl methyl sites for hydroxylation is 3. The minimum atomic E-state index is -0.431. The van der Waals surface area contributed by atoms with Crippen molar-refractivity contribution in [3.63, 3.8) is 0 Å². The highest BCUT2D eigenvalue weighted by molar-refractivity contribution is 8.15. The summed E-state index contributed by atoms with van der Waals surface area (Å²) in [5.41, 5.74) is 6.08. The van der Waals surface area contributed by atoms with Crippen molar-refractivity contribution in [3.05, 3.63) is 58.7 Å². The molecular weight excluding hydrogens is 394 g/mol. The number of hydrogen-bond donors (Lipinski definition) is 1. The smallest absolute Gasteiger partial charge is 0.242 e. The van der Waals surface area contributed by atoms with Crippen molar-refractivity contribution >= 4 is 40.1 Å². The zero-order chi connectivity index (χ0) is 21.4. The Morgan fingerprint density at radius 2 is 1.90 bits per heavy atom. The van der Waals surface area contributed by atoms with Crippen LogP contribution >= 0.6 is 11.8 Å². The molecule has 2 amide bonds. The van der Waals surface area contributed by atoms with Gasteiger partial charge < -0.3 is 5.32 Å². The normalized spacial score (nSPS) is 20.1. The first kappa shape index (κ1) is 20.7. The fourth-order valence-corrected chi connectivity index (χ4v) is 4.77. The Morgan fingerprint density at radius 3 is 2.63 bits per heavy atom. The number of amidine groups is 1. The molecule has 2 aromatic rings. The second kappa shape index (κ2) is 8.26. The molecule has 1 aliphatic heterocycles. The van der Waals surface area contributed by atoms with E-state index in [1.54, 1.807) is 0 Å². The summed E-state index contributed by atoms with van der Waals surface area (Å²) >= 11 is 1.42. The van der Waals surface area contributed by atoms with Gasteiger partial charge in [-0.2, -0.15) is 0 Å². The lowest BCUT2D eigenvalue weighted by atomic mass is 10.1. The fraction of sp³-hybridized carbons (Fsp3) is 0.375. The molecule has 1 N–H and O–H groups in total. The highest BCUT2D eigenvalue weighted by Crippen LogP contribution is 2.40. The summed E-state index contributed by atoms with van der Waals surface area (Å²) in [5, 5.41) is 3.27. The number of aliphatic imine (C=N–C) groups is 1. The van der Waals surface area contributed by atoms with Gasteiger partial charge in [-0.15, -0.1) is 0 Å². The highest BCUT2D eigenvalue weighted by atomic mass is 32.2. The zero-order valence-electron chi connectivity index (χ0n) is 17.9. The second-order valence-corrected chi connectivity index (χ2v) is 9.40. The molecule has 0 unspecified atom stereocenters. The molecule has 4 rings (SSSR count). The number of nitrogens with one attached hydrogen (secondary N) is 1. The van der Waals surface area contributed by atoms with Crippen LogP contribution in [-0.4, -0.2) is 33.2 Å². The van der Waals surface area contributed by atoms with E-state index in [2.05, 4.69) is 18.3 Å². The molecule has 2 fully saturated rings. The Bertz CT molecular complexity index is 1040. The first-order valence-corrected chi connectivity index (χ1v) is 11.2. The Labute approximate surface area is 182 Å². The summed E-state index contributed by atoms with van der Waals surface area (Å²) in [4.78, 5) is 32.4. The average molecular weight is 422 g/mol. The molecule has 1 heterocycles. The van der Waals surface area contributed by atoms with Gasteiger partial charge in [-0.3, -0.25) is 14.5 Å². The molecule has 2 aromatic carbocycles. The van der Waals surface area contributed by atoms with Crippen molar-refractivity contribution in [2.75, 3.05) is 5.32 Å². The minimum absolute atomic E-state index is 0.00247.